The van der Waals surface area contributed by atoms with E-state index in [1.165, 1.54) is 11.2 Å². The molecule has 0 aliphatic rings. The van der Waals surface area contributed by atoms with E-state index in [4.69, 9.17) is 27.6 Å². The normalized spacial score (nSPS) is 10.4. The third kappa shape index (κ3) is 6.28. The van der Waals surface area contributed by atoms with Crippen LogP contribution in [0.3, 0.4) is 0 Å². The van der Waals surface area contributed by atoms with Crippen LogP contribution in [0.4, 0.5) is 5.69 Å². The number of anilines is 1. The van der Waals surface area contributed by atoms with Crippen molar-refractivity contribution in [2.45, 2.75) is 19.8 Å². The molecule has 0 bridgehead atoms. The Labute approximate surface area is 173 Å². The van der Waals surface area contributed by atoms with Gasteiger partial charge in [0.2, 0.25) is 11.8 Å². The van der Waals surface area contributed by atoms with Crippen molar-refractivity contribution >= 4 is 46.6 Å². The van der Waals surface area contributed by atoms with Crippen LogP contribution < -0.4 is 10.6 Å². The summed E-state index contributed by atoms with van der Waals surface area (Å²) >= 11 is 12.1. The van der Waals surface area contributed by atoms with Crippen molar-refractivity contribution in [3.05, 3.63) is 52.4 Å². The van der Waals surface area contributed by atoms with E-state index >= 15 is 0 Å². The average molecular weight is 426 g/mol. The molecule has 3 amide bonds. The van der Waals surface area contributed by atoms with Gasteiger partial charge < -0.3 is 20.0 Å². The summed E-state index contributed by atoms with van der Waals surface area (Å²) in [6.45, 7) is 2.37. The van der Waals surface area contributed by atoms with Crippen molar-refractivity contribution in [1.29, 1.82) is 0 Å². The van der Waals surface area contributed by atoms with E-state index in [1.54, 1.807) is 37.3 Å². The minimum atomic E-state index is -0.392. The van der Waals surface area contributed by atoms with Gasteiger partial charge in [0.05, 0.1) is 28.5 Å². The number of hydrogen-bond acceptors (Lipinski definition) is 4. The predicted molar refractivity (Wildman–Crippen MR) is 108 cm³/mol. The highest BCUT2D eigenvalue weighted by atomic mass is 35.5. The minimum Gasteiger partial charge on any atom is -0.459 e. The zero-order valence-electron chi connectivity index (χ0n) is 15.3. The van der Waals surface area contributed by atoms with Gasteiger partial charge in [0, 0.05) is 19.5 Å². The smallest absolute Gasteiger partial charge is 0.286 e. The number of likely N-dealkylation sites (N-methyl/N-ethyl adjacent to an activating group) is 1. The number of carbonyl (C=O) groups excluding carboxylic acids is 3. The first-order chi connectivity index (χ1) is 13.4. The van der Waals surface area contributed by atoms with E-state index in [1.807, 2.05) is 0 Å². The molecular weight excluding hydrogens is 405 g/mol. The lowest BCUT2D eigenvalue weighted by molar-refractivity contribution is -0.134. The number of halogens is 2. The Balaban J connectivity index is 1.77. The lowest BCUT2D eigenvalue weighted by Crippen LogP contribution is -2.38. The number of amides is 3. The molecule has 0 atom stereocenters. The number of carbonyl (C=O) groups is 3. The summed E-state index contributed by atoms with van der Waals surface area (Å²) in [5.74, 6) is -0.691. The summed E-state index contributed by atoms with van der Waals surface area (Å²) in [6, 6.07) is 8.08. The second-order valence-electron chi connectivity index (χ2n) is 5.89. The largest absolute Gasteiger partial charge is 0.459 e. The van der Waals surface area contributed by atoms with Crippen LogP contribution >= 0.6 is 23.2 Å². The molecule has 9 heteroatoms. The Morgan fingerprint density at radius 3 is 2.43 bits per heavy atom. The first kappa shape index (κ1) is 21.8. The molecule has 0 unspecified atom stereocenters. The van der Waals surface area contributed by atoms with Crippen LogP contribution in [0.2, 0.25) is 10.0 Å². The fourth-order valence-corrected chi connectivity index (χ4v) is 2.93. The summed E-state index contributed by atoms with van der Waals surface area (Å²) in [5, 5.41) is 5.95. The standard InChI is InChI=1S/C19H21Cl2N3O4/c1-2-24(12-16(25)23-18-13(20)6-3-7-14(18)21)17(26)9-4-10-22-19(27)15-8-5-11-28-15/h3,5-8,11H,2,4,9-10,12H2,1H3,(H,22,27)(H,23,25). The molecule has 0 radical (unpaired) electrons. The van der Waals surface area contributed by atoms with Crippen molar-refractivity contribution in [3.63, 3.8) is 0 Å². The Morgan fingerprint density at radius 1 is 1.11 bits per heavy atom. The average Bonchev–Trinajstić information content (AvgIpc) is 3.21. The van der Waals surface area contributed by atoms with Crippen LogP contribution in [0.1, 0.15) is 30.3 Å². The summed E-state index contributed by atoms with van der Waals surface area (Å²) in [5.41, 5.74) is 0.319. The van der Waals surface area contributed by atoms with Gasteiger partial charge in [-0.1, -0.05) is 29.3 Å². The molecule has 1 aromatic carbocycles. The summed E-state index contributed by atoms with van der Waals surface area (Å²) in [6.07, 6.45) is 2.06. The van der Waals surface area contributed by atoms with Gasteiger partial charge >= 0.3 is 0 Å². The SMILES string of the molecule is CCN(CC(=O)Nc1c(Cl)cccc1Cl)C(=O)CCCNC(=O)c1ccco1. The number of rotatable bonds is 9. The molecule has 2 N–H and O–H groups in total. The van der Waals surface area contributed by atoms with Gasteiger partial charge in [-0.15, -0.1) is 0 Å². The minimum absolute atomic E-state index is 0.115. The van der Waals surface area contributed by atoms with E-state index in [0.717, 1.165) is 0 Å². The maximum Gasteiger partial charge on any atom is 0.286 e. The molecule has 0 spiro atoms. The third-order valence-corrected chi connectivity index (χ3v) is 4.52. The van der Waals surface area contributed by atoms with Gasteiger partial charge in [-0.2, -0.15) is 0 Å². The first-order valence-electron chi connectivity index (χ1n) is 8.75. The summed E-state index contributed by atoms with van der Waals surface area (Å²) < 4.78 is 4.99. The fourth-order valence-electron chi connectivity index (χ4n) is 2.44. The number of nitrogens with one attached hydrogen (secondary N) is 2. The molecule has 0 saturated heterocycles. The van der Waals surface area contributed by atoms with Gasteiger partial charge in [-0.05, 0) is 37.6 Å². The van der Waals surface area contributed by atoms with E-state index < -0.39 is 5.91 Å². The third-order valence-electron chi connectivity index (χ3n) is 3.89. The topological polar surface area (TPSA) is 91.7 Å². The molecular formula is C19H21Cl2N3O4. The molecule has 0 fully saturated rings. The van der Waals surface area contributed by atoms with Gasteiger partial charge in [0.25, 0.3) is 5.91 Å². The molecule has 1 aromatic heterocycles. The Bertz CT molecular complexity index is 804. The van der Waals surface area contributed by atoms with Crippen molar-refractivity contribution in [1.82, 2.24) is 10.2 Å². The number of nitrogens with zero attached hydrogens (tertiary/aromatic N) is 1. The lowest BCUT2D eigenvalue weighted by atomic mass is 10.2. The molecule has 0 aliphatic heterocycles. The zero-order valence-corrected chi connectivity index (χ0v) is 16.8. The van der Waals surface area contributed by atoms with Crippen LogP contribution in [0, 0.1) is 0 Å². The molecule has 1 heterocycles. The first-order valence-corrected chi connectivity index (χ1v) is 9.51. The molecule has 2 aromatic rings. The van der Waals surface area contributed by atoms with E-state index in [-0.39, 0.29) is 30.5 Å². The van der Waals surface area contributed by atoms with Gasteiger partial charge in [-0.3, -0.25) is 14.4 Å². The maximum absolute atomic E-state index is 12.3. The predicted octanol–water partition coefficient (Wildman–Crippen LogP) is 3.58. The number of furan rings is 1. The molecule has 0 saturated carbocycles. The van der Waals surface area contributed by atoms with Crippen molar-refractivity contribution < 1.29 is 18.8 Å². The van der Waals surface area contributed by atoms with Crippen molar-refractivity contribution in [2.24, 2.45) is 0 Å². The van der Waals surface area contributed by atoms with Crippen LogP contribution in [0.25, 0.3) is 0 Å². The van der Waals surface area contributed by atoms with Crippen LogP contribution in [0.15, 0.2) is 41.0 Å². The van der Waals surface area contributed by atoms with Crippen LogP contribution in [-0.2, 0) is 9.59 Å². The van der Waals surface area contributed by atoms with Crippen LogP contribution in [-0.4, -0.2) is 42.3 Å². The molecule has 0 aliphatic carbocycles. The molecule has 28 heavy (non-hydrogen) atoms. The van der Waals surface area contributed by atoms with Crippen molar-refractivity contribution in [3.8, 4) is 0 Å². The monoisotopic (exact) mass is 425 g/mol. The molecule has 7 nitrogen and oxygen atoms in total. The van der Waals surface area contributed by atoms with E-state index in [2.05, 4.69) is 10.6 Å². The number of para-hydroxylation sites is 1. The Hall–Kier alpha value is -2.51. The van der Waals surface area contributed by atoms with Gasteiger partial charge in [0.15, 0.2) is 5.76 Å². The second-order valence-corrected chi connectivity index (χ2v) is 6.70. The molecule has 150 valence electrons. The Kier molecular flexibility index (Phi) is 8.35. The summed E-state index contributed by atoms with van der Waals surface area (Å²) in [7, 11) is 0. The van der Waals surface area contributed by atoms with Crippen LogP contribution in [0.5, 0.6) is 0 Å². The maximum atomic E-state index is 12.3. The quantitative estimate of drug-likeness (QED) is 0.600. The van der Waals surface area contributed by atoms with E-state index in [0.29, 0.717) is 35.2 Å². The Morgan fingerprint density at radius 2 is 1.82 bits per heavy atom. The highest BCUT2D eigenvalue weighted by Gasteiger charge is 2.17. The second kappa shape index (κ2) is 10.7. The number of hydrogen-bond donors (Lipinski definition) is 2. The van der Waals surface area contributed by atoms with Crippen molar-refractivity contribution in [2.75, 3.05) is 25.0 Å². The molecule has 2 rings (SSSR count). The van der Waals surface area contributed by atoms with E-state index in [9.17, 15) is 14.4 Å². The zero-order chi connectivity index (χ0) is 20.5. The number of benzene rings is 1. The van der Waals surface area contributed by atoms with Gasteiger partial charge in [-0.25, -0.2) is 0 Å². The summed E-state index contributed by atoms with van der Waals surface area (Å²) in [4.78, 5) is 37.7. The highest BCUT2D eigenvalue weighted by molar-refractivity contribution is 6.39. The fraction of sp³-hybridized carbons (Fsp3) is 0.316. The lowest BCUT2D eigenvalue weighted by Gasteiger charge is -2.21. The van der Waals surface area contributed by atoms with Gasteiger partial charge in [0.1, 0.15) is 0 Å². The highest BCUT2D eigenvalue weighted by Crippen LogP contribution is 2.29.